The maximum Gasteiger partial charge on any atom is 0.254 e. The van der Waals surface area contributed by atoms with Crippen LogP contribution in [0.2, 0.25) is 0 Å². The topological polar surface area (TPSA) is 109 Å². The van der Waals surface area contributed by atoms with Crippen LogP contribution in [0.3, 0.4) is 0 Å². The van der Waals surface area contributed by atoms with Gasteiger partial charge in [-0.05, 0) is 12.8 Å². The normalized spacial score (nSPS) is 18.1. The number of hydrogen-bond acceptors (Lipinski definition) is 5. The molecule has 0 atom stereocenters. The third kappa shape index (κ3) is 3.70. The molecule has 0 unspecified atom stereocenters. The Morgan fingerprint density at radius 1 is 1.60 bits per heavy atom. The molecule has 1 aromatic heterocycles. The number of piperidine rings is 1. The summed E-state index contributed by atoms with van der Waals surface area (Å²) in [4.78, 5) is 14.1. The summed E-state index contributed by atoms with van der Waals surface area (Å²) in [5.41, 5.74) is 6.05. The lowest BCUT2D eigenvalue weighted by Gasteiger charge is -2.31. The lowest BCUT2D eigenvalue weighted by Crippen LogP contribution is -2.46. The van der Waals surface area contributed by atoms with Crippen molar-refractivity contribution in [3.05, 3.63) is 18.0 Å². The number of carbonyl (C=O) groups excluding carboxylic acids is 1. The van der Waals surface area contributed by atoms with Gasteiger partial charge in [0.05, 0.1) is 18.3 Å². The highest BCUT2D eigenvalue weighted by atomic mass is 16.4. The fourth-order valence-electron chi connectivity index (χ4n) is 2.30. The molecule has 0 spiro atoms. The molecule has 1 aliphatic rings. The first-order chi connectivity index (χ1) is 9.58. The minimum absolute atomic E-state index is 0.0898. The Kier molecular flexibility index (Phi) is 4.57. The number of oxime groups is 1. The summed E-state index contributed by atoms with van der Waals surface area (Å²) in [6.07, 6.45) is 4.96. The van der Waals surface area contributed by atoms with E-state index in [0.29, 0.717) is 12.1 Å². The van der Waals surface area contributed by atoms with Crippen LogP contribution in [-0.2, 0) is 7.05 Å². The average molecular weight is 280 g/mol. The molecule has 0 saturated carbocycles. The molecule has 0 aromatic carbocycles. The van der Waals surface area contributed by atoms with Crippen LogP contribution in [0, 0.1) is 0 Å². The van der Waals surface area contributed by atoms with Crippen LogP contribution in [0.15, 0.2) is 17.5 Å². The van der Waals surface area contributed by atoms with Gasteiger partial charge >= 0.3 is 0 Å². The van der Waals surface area contributed by atoms with Crippen LogP contribution in [0.4, 0.5) is 0 Å². The third-order valence-corrected chi connectivity index (χ3v) is 3.40. The van der Waals surface area contributed by atoms with Gasteiger partial charge in [0.2, 0.25) is 0 Å². The summed E-state index contributed by atoms with van der Waals surface area (Å²) in [6, 6.07) is 0.159. The second kappa shape index (κ2) is 6.38. The number of aryl methyl sites for hydroxylation is 1. The van der Waals surface area contributed by atoms with E-state index in [-0.39, 0.29) is 17.8 Å². The zero-order chi connectivity index (χ0) is 14.5. The Morgan fingerprint density at radius 3 is 2.85 bits per heavy atom. The third-order valence-electron chi connectivity index (χ3n) is 3.40. The van der Waals surface area contributed by atoms with Crippen molar-refractivity contribution < 1.29 is 10.0 Å². The fourth-order valence-corrected chi connectivity index (χ4v) is 2.30. The maximum atomic E-state index is 12.0. The standard InChI is InChI=1S/C12H20N6O2/c1-17-7-9(6-14-17)12(19)15-10-2-4-18(5-3-10)8-11(13)16-20/h6-7,10,20H,2-5,8H2,1H3,(H2,13,16)(H,15,19). The Labute approximate surface area is 117 Å². The molecular formula is C12H20N6O2. The number of nitrogens with two attached hydrogens (primary N) is 1. The van der Waals surface area contributed by atoms with Crippen LogP contribution in [-0.4, -0.2) is 57.3 Å². The summed E-state index contributed by atoms with van der Waals surface area (Å²) in [7, 11) is 1.78. The summed E-state index contributed by atoms with van der Waals surface area (Å²) < 4.78 is 1.61. The number of rotatable bonds is 4. The van der Waals surface area contributed by atoms with E-state index in [1.54, 1.807) is 24.1 Å². The number of amidine groups is 1. The number of aromatic nitrogens is 2. The second-order valence-electron chi connectivity index (χ2n) is 5.02. The number of carbonyl (C=O) groups is 1. The Bertz CT molecular complexity index is 490. The largest absolute Gasteiger partial charge is 0.409 e. The molecule has 1 aliphatic heterocycles. The number of likely N-dealkylation sites (tertiary alicyclic amines) is 1. The van der Waals surface area contributed by atoms with E-state index in [2.05, 4.69) is 20.5 Å². The van der Waals surface area contributed by atoms with Gasteiger partial charge in [-0.15, -0.1) is 0 Å². The van der Waals surface area contributed by atoms with Gasteiger partial charge in [0.25, 0.3) is 5.91 Å². The molecule has 0 bridgehead atoms. The van der Waals surface area contributed by atoms with Gasteiger partial charge in [-0.1, -0.05) is 5.16 Å². The Balaban J connectivity index is 1.78. The molecule has 1 amide bonds. The second-order valence-corrected chi connectivity index (χ2v) is 5.02. The van der Waals surface area contributed by atoms with Gasteiger partial charge in [-0.25, -0.2) is 0 Å². The van der Waals surface area contributed by atoms with Crippen molar-refractivity contribution in [1.82, 2.24) is 20.0 Å². The molecule has 20 heavy (non-hydrogen) atoms. The van der Waals surface area contributed by atoms with Crippen molar-refractivity contribution in [2.75, 3.05) is 19.6 Å². The molecule has 0 aliphatic carbocycles. The van der Waals surface area contributed by atoms with Crippen molar-refractivity contribution in [3.63, 3.8) is 0 Å². The molecule has 8 nitrogen and oxygen atoms in total. The summed E-state index contributed by atoms with van der Waals surface area (Å²) in [6.45, 7) is 2.09. The smallest absolute Gasteiger partial charge is 0.254 e. The van der Waals surface area contributed by atoms with Crippen molar-refractivity contribution in [2.45, 2.75) is 18.9 Å². The van der Waals surface area contributed by atoms with Crippen LogP contribution >= 0.6 is 0 Å². The quantitative estimate of drug-likeness (QED) is 0.294. The van der Waals surface area contributed by atoms with Crippen LogP contribution in [0.5, 0.6) is 0 Å². The highest BCUT2D eigenvalue weighted by Gasteiger charge is 2.22. The predicted molar refractivity (Wildman–Crippen MR) is 73.5 cm³/mol. The fraction of sp³-hybridized carbons (Fsp3) is 0.583. The predicted octanol–water partition coefficient (Wildman–Crippen LogP) is -0.639. The van der Waals surface area contributed by atoms with Gasteiger partial charge in [-0.3, -0.25) is 14.4 Å². The Morgan fingerprint density at radius 2 is 2.30 bits per heavy atom. The van der Waals surface area contributed by atoms with Gasteiger partial charge < -0.3 is 16.3 Å². The molecule has 1 fully saturated rings. The molecule has 110 valence electrons. The van der Waals surface area contributed by atoms with Crippen molar-refractivity contribution >= 4 is 11.7 Å². The first-order valence-electron chi connectivity index (χ1n) is 6.56. The van der Waals surface area contributed by atoms with Gasteiger partial charge in [-0.2, -0.15) is 5.10 Å². The van der Waals surface area contributed by atoms with Crippen LogP contribution in [0.25, 0.3) is 0 Å². The van der Waals surface area contributed by atoms with E-state index in [9.17, 15) is 4.79 Å². The number of hydrogen-bond donors (Lipinski definition) is 3. The first-order valence-corrected chi connectivity index (χ1v) is 6.56. The summed E-state index contributed by atoms with van der Waals surface area (Å²) in [5.74, 6) is 0.121. The monoisotopic (exact) mass is 280 g/mol. The van der Waals surface area contributed by atoms with E-state index in [0.717, 1.165) is 25.9 Å². The first kappa shape index (κ1) is 14.3. The lowest BCUT2D eigenvalue weighted by molar-refractivity contribution is 0.0914. The molecule has 4 N–H and O–H groups in total. The van der Waals surface area contributed by atoms with E-state index in [1.165, 1.54) is 0 Å². The minimum Gasteiger partial charge on any atom is -0.409 e. The van der Waals surface area contributed by atoms with E-state index in [1.807, 2.05) is 0 Å². The zero-order valence-electron chi connectivity index (χ0n) is 11.5. The number of nitrogens with one attached hydrogen (secondary N) is 1. The zero-order valence-corrected chi connectivity index (χ0v) is 11.5. The van der Waals surface area contributed by atoms with Gasteiger partial charge in [0.15, 0.2) is 5.84 Å². The number of nitrogens with zero attached hydrogens (tertiary/aromatic N) is 4. The van der Waals surface area contributed by atoms with Crippen molar-refractivity contribution in [1.29, 1.82) is 0 Å². The van der Waals surface area contributed by atoms with Crippen LogP contribution < -0.4 is 11.1 Å². The molecule has 1 saturated heterocycles. The molecule has 1 aromatic rings. The molecule has 8 heteroatoms. The average Bonchev–Trinajstić information content (AvgIpc) is 2.87. The lowest BCUT2D eigenvalue weighted by atomic mass is 10.0. The van der Waals surface area contributed by atoms with E-state index < -0.39 is 0 Å². The van der Waals surface area contributed by atoms with E-state index >= 15 is 0 Å². The minimum atomic E-state index is -0.0898. The summed E-state index contributed by atoms with van der Waals surface area (Å²) in [5, 5.41) is 18.5. The molecule has 2 rings (SSSR count). The van der Waals surface area contributed by atoms with Crippen molar-refractivity contribution in [2.24, 2.45) is 17.9 Å². The van der Waals surface area contributed by atoms with Gasteiger partial charge in [0, 0.05) is 32.4 Å². The van der Waals surface area contributed by atoms with E-state index in [4.69, 9.17) is 10.9 Å². The maximum absolute atomic E-state index is 12.0. The van der Waals surface area contributed by atoms with Crippen LogP contribution in [0.1, 0.15) is 23.2 Å². The molecular weight excluding hydrogens is 260 g/mol. The Hall–Kier alpha value is -2.09. The van der Waals surface area contributed by atoms with Gasteiger partial charge in [0.1, 0.15) is 0 Å². The summed E-state index contributed by atoms with van der Waals surface area (Å²) >= 11 is 0. The highest BCUT2D eigenvalue weighted by molar-refractivity contribution is 5.93. The highest BCUT2D eigenvalue weighted by Crippen LogP contribution is 2.10. The van der Waals surface area contributed by atoms with Crippen molar-refractivity contribution in [3.8, 4) is 0 Å². The molecule has 2 heterocycles. The molecule has 0 radical (unpaired) electrons. The number of amides is 1. The SMILES string of the molecule is Cn1cc(C(=O)NC2CCN(CC(N)=NO)CC2)cn1.